The van der Waals surface area contributed by atoms with Crippen LogP contribution in [0.3, 0.4) is 0 Å². The van der Waals surface area contributed by atoms with Gasteiger partial charge in [0, 0.05) is 42.8 Å². The number of aromatic nitrogens is 7. The van der Waals surface area contributed by atoms with Crippen LogP contribution in [0.15, 0.2) is 55.1 Å². The molecule has 1 aromatic carbocycles. The van der Waals surface area contributed by atoms with E-state index in [0.717, 1.165) is 18.4 Å². The minimum Gasteiger partial charge on any atom is -0.321 e. The van der Waals surface area contributed by atoms with Gasteiger partial charge in [0.2, 0.25) is 10.0 Å². The third-order valence-corrected chi connectivity index (χ3v) is 7.28. The van der Waals surface area contributed by atoms with Crippen molar-refractivity contribution in [1.82, 2.24) is 45.2 Å². The van der Waals surface area contributed by atoms with Crippen LogP contribution in [0.1, 0.15) is 18.1 Å². The van der Waals surface area contributed by atoms with E-state index in [4.69, 9.17) is 0 Å². The number of pyridine rings is 3. The molecule has 0 bridgehead atoms. The zero-order valence-electron chi connectivity index (χ0n) is 22.5. The van der Waals surface area contributed by atoms with Gasteiger partial charge in [-0.2, -0.15) is 5.10 Å². The molecule has 0 amide bonds. The van der Waals surface area contributed by atoms with Gasteiger partial charge in [-0.15, -0.1) is 0 Å². The maximum atomic E-state index is 16.0. The molecule has 4 N–H and O–H groups in total. The van der Waals surface area contributed by atoms with Crippen molar-refractivity contribution < 1.29 is 17.2 Å². The number of halogens is 2. The molecule has 0 unspecified atom stereocenters. The molecule has 42 heavy (non-hydrogen) atoms. The molecule has 0 spiro atoms. The molecule has 0 fully saturated rings. The fourth-order valence-corrected chi connectivity index (χ4v) is 5.14. The first-order valence-electron chi connectivity index (χ1n) is 13.0. The number of nitrogens with zero attached hydrogens (tertiary/aromatic N) is 5. The Morgan fingerprint density at radius 3 is 2.60 bits per heavy atom. The Hall–Kier alpha value is -4.66. The molecule has 0 radical (unpaired) electrons. The number of sulfonamides is 1. The van der Waals surface area contributed by atoms with Crippen LogP contribution in [-0.4, -0.2) is 56.3 Å². The molecule has 11 nitrogen and oxygen atoms in total. The lowest BCUT2D eigenvalue weighted by atomic mass is 10.0. The molecule has 0 aliphatic heterocycles. The number of hydrogen-bond donors (Lipinski definition) is 4. The Labute approximate surface area is 238 Å². The van der Waals surface area contributed by atoms with Crippen molar-refractivity contribution in [3.63, 3.8) is 0 Å². The monoisotopic (exact) mass is 589 g/mol. The highest BCUT2D eigenvalue weighted by atomic mass is 32.2. The van der Waals surface area contributed by atoms with Crippen LogP contribution in [-0.2, 0) is 23.1 Å². The van der Waals surface area contributed by atoms with Gasteiger partial charge in [-0.1, -0.05) is 6.92 Å². The maximum absolute atomic E-state index is 16.0. The summed E-state index contributed by atoms with van der Waals surface area (Å²) in [4.78, 5) is 20.7. The molecule has 0 aliphatic rings. The molecule has 0 saturated carbocycles. The van der Waals surface area contributed by atoms with Crippen LogP contribution in [0.4, 0.5) is 8.78 Å². The number of rotatable bonds is 9. The van der Waals surface area contributed by atoms with E-state index in [1.807, 2.05) is 13.0 Å². The summed E-state index contributed by atoms with van der Waals surface area (Å²) >= 11 is 0. The lowest BCUT2D eigenvalue weighted by molar-refractivity contribution is 0.586. The summed E-state index contributed by atoms with van der Waals surface area (Å²) in [7, 11) is -3.47. The van der Waals surface area contributed by atoms with Crippen molar-refractivity contribution in [1.29, 1.82) is 0 Å². The zero-order chi connectivity index (χ0) is 29.4. The minimum atomic E-state index is -3.47. The second-order valence-electron chi connectivity index (χ2n) is 9.73. The molecular weight excluding hydrogens is 564 g/mol. The average molecular weight is 590 g/mol. The number of imidazole rings is 1. The molecule has 0 aliphatic carbocycles. The zero-order valence-corrected chi connectivity index (χ0v) is 23.4. The van der Waals surface area contributed by atoms with Crippen LogP contribution in [0.25, 0.3) is 56.0 Å². The molecule has 0 saturated heterocycles. The van der Waals surface area contributed by atoms with Crippen LogP contribution < -0.4 is 10.0 Å². The number of hydrogen-bond acceptors (Lipinski definition) is 8. The van der Waals surface area contributed by atoms with E-state index in [1.54, 1.807) is 24.5 Å². The van der Waals surface area contributed by atoms with Crippen molar-refractivity contribution in [2.45, 2.75) is 20.0 Å². The summed E-state index contributed by atoms with van der Waals surface area (Å²) in [6.45, 7) is 3.30. The summed E-state index contributed by atoms with van der Waals surface area (Å²) in [6, 6.07) is 7.76. The average Bonchev–Trinajstić information content (AvgIpc) is 3.59. The summed E-state index contributed by atoms with van der Waals surface area (Å²) in [5.74, 6) is -0.870. The van der Waals surface area contributed by atoms with Crippen LogP contribution >= 0.6 is 0 Å². The lowest BCUT2D eigenvalue weighted by Gasteiger charge is -2.08. The normalized spacial score (nSPS) is 12.0. The second kappa shape index (κ2) is 11.0. The van der Waals surface area contributed by atoms with Crippen molar-refractivity contribution in [2.75, 3.05) is 12.8 Å². The molecule has 14 heteroatoms. The van der Waals surface area contributed by atoms with Crippen molar-refractivity contribution in [3.05, 3.63) is 77.9 Å². The van der Waals surface area contributed by atoms with E-state index in [0.29, 0.717) is 45.5 Å². The number of aromatic amines is 2. The van der Waals surface area contributed by atoms with Crippen molar-refractivity contribution >= 4 is 32.1 Å². The Morgan fingerprint density at radius 1 is 0.952 bits per heavy atom. The van der Waals surface area contributed by atoms with E-state index in [2.05, 4.69) is 45.2 Å². The number of benzene rings is 1. The summed E-state index contributed by atoms with van der Waals surface area (Å²) in [6.07, 6.45) is 7.35. The largest absolute Gasteiger partial charge is 0.321 e. The van der Waals surface area contributed by atoms with Crippen LogP contribution in [0.2, 0.25) is 0 Å². The predicted molar refractivity (Wildman–Crippen MR) is 154 cm³/mol. The second-order valence-corrected chi connectivity index (χ2v) is 11.6. The molecule has 6 rings (SSSR count). The number of nitrogens with one attached hydrogen (secondary N) is 4. The van der Waals surface area contributed by atoms with Gasteiger partial charge in [-0.05, 0) is 53.6 Å². The van der Waals surface area contributed by atoms with Gasteiger partial charge in [-0.3, -0.25) is 15.1 Å². The highest BCUT2D eigenvalue weighted by molar-refractivity contribution is 7.88. The van der Waals surface area contributed by atoms with Gasteiger partial charge in [0.05, 0.1) is 23.4 Å². The molecule has 6 aromatic rings. The van der Waals surface area contributed by atoms with Crippen LogP contribution in [0, 0.1) is 11.6 Å². The first-order chi connectivity index (χ1) is 20.2. The lowest BCUT2D eigenvalue weighted by Crippen LogP contribution is -2.21. The van der Waals surface area contributed by atoms with E-state index >= 15 is 4.39 Å². The van der Waals surface area contributed by atoms with Gasteiger partial charge in [-0.25, -0.2) is 31.9 Å². The van der Waals surface area contributed by atoms with Crippen LogP contribution in [0.5, 0.6) is 0 Å². The first kappa shape index (κ1) is 27.5. The standard InChI is InChI=1S/C28H25F2N9O2S/c1-3-31-10-16-7-18(13-32-11-16)24-23(30)22-21(14-34-24)38-39-26(22)28-36-25-20(4-5-33-27(25)37-28)17-6-15(8-19(29)9-17)12-35-42(2,40)41/h4-9,11,13-14,31,35H,3,10,12H2,1-2H3,(H,38,39)(H,33,36,37). The van der Waals surface area contributed by atoms with E-state index in [9.17, 15) is 12.8 Å². The topological polar surface area (TPSA) is 154 Å². The fourth-order valence-electron chi connectivity index (χ4n) is 4.71. The molecule has 0 atom stereocenters. The Bertz CT molecular complexity index is 2060. The summed E-state index contributed by atoms with van der Waals surface area (Å²) < 4.78 is 56.0. The van der Waals surface area contributed by atoms with Crippen molar-refractivity contribution in [2.24, 2.45) is 0 Å². The summed E-state index contributed by atoms with van der Waals surface area (Å²) in [5, 5.41) is 10.5. The maximum Gasteiger partial charge on any atom is 0.209 e. The molecule has 5 aromatic heterocycles. The first-order valence-corrected chi connectivity index (χ1v) is 14.9. The van der Waals surface area contributed by atoms with E-state index in [1.165, 1.54) is 24.5 Å². The van der Waals surface area contributed by atoms with Crippen molar-refractivity contribution in [3.8, 4) is 33.9 Å². The van der Waals surface area contributed by atoms with Gasteiger partial charge >= 0.3 is 0 Å². The molecule has 5 heterocycles. The third-order valence-electron chi connectivity index (χ3n) is 6.61. The number of fused-ring (bicyclic) bond motifs is 2. The van der Waals surface area contributed by atoms with E-state index in [-0.39, 0.29) is 29.1 Å². The smallest absolute Gasteiger partial charge is 0.209 e. The van der Waals surface area contributed by atoms with E-state index < -0.39 is 21.7 Å². The van der Waals surface area contributed by atoms with Gasteiger partial charge < -0.3 is 10.3 Å². The predicted octanol–water partition coefficient (Wildman–Crippen LogP) is 4.06. The fraction of sp³-hybridized carbons (Fsp3) is 0.179. The highest BCUT2D eigenvalue weighted by Crippen LogP contribution is 2.34. The molecule has 214 valence electrons. The Morgan fingerprint density at radius 2 is 1.79 bits per heavy atom. The Balaban J connectivity index is 1.42. The number of H-pyrrole nitrogens is 2. The minimum absolute atomic E-state index is 0.0773. The molecular formula is C28H25F2N9O2S. The van der Waals surface area contributed by atoms with Gasteiger partial charge in [0.25, 0.3) is 0 Å². The highest BCUT2D eigenvalue weighted by Gasteiger charge is 2.22. The van der Waals surface area contributed by atoms with Gasteiger partial charge in [0.1, 0.15) is 22.7 Å². The van der Waals surface area contributed by atoms with Gasteiger partial charge in [0.15, 0.2) is 17.3 Å². The third kappa shape index (κ3) is 5.46. The summed E-state index contributed by atoms with van der Waals surface area (Å²) in [5.41, 5.74) is 4.40. The SMILES string of the molecule is CCNCc1cncc(-c2ncc3[nH]nc(-c4nc5c(-c6cc(F)cc(CNS(C)(=O)=O)c6)ccnc5[nH]4)c3c2F)c1. The quantitative estimate of drug-likeness (QED) is 0.197. The Kier molecular flexibility index (Phi) is 7.18.